The molecule has 0 aliphatic carbocycles. The molecule has 0 radical (unpaired) electrons. The van der Waals surface area contributed by atoms with Crippen molar-refractivity contribution in [1.29, 1.82) is 0 Å². The second kappa shape index (κ2) is 3.22. The van der Waals surface area contributed by atoms with Gasteiger partial charge in [-0.2, -0.15) is 0 Å². The van der Waals surface area contributed by atoms with Gasteiger partial charge in [-0.25, -0.2) is 0 Å². The van der Waals surface area contributed by atoms with Crippen molar-refractivity contribution in [3.63, 3.8) is 0 Å². The molecule has 12 heavy (non-hydrogen) atoms. The zero-order chi connectivity index (χ0) is 8.55. The zero-order valence-electron chi connectivity index (χ0n) is 6.86. The topological polar surface area (TPSA) is 21.3 Å². The molecule has 0 fully saturated rings. The maximum Gasteiger partial charge on any atom is 0.132 e. The summed E-state index contributed by atoms with van der Waals surface area (Å²) in [4.78, 5) is 0. The number of fused-ring (bicyclic) bond motifs is 1. The molecule has 0 spiro atoms. The van der Waals surface area contributed by atoms with Gasteiger partial charge in [0.2, 0.25) is 0 Å². The Morgan fingerprint density at radius 1 is 1.33 bits per heavy atom. The fraction of sp³-hybridized carbons (Fsp3) is 0.333. The number of hydrogen-bond donors (Lipinski definition) is 1. The predicted octanol–water partition coefficient (Wildman–Crippen LogP) is 1.90. The monoisotopic (exact) mass is 275 g/mol. The van der Waals surface area contributed by atoms with Crippen LogP contribution in [-0.2, 0) is 13.1 Å². The normalized spacial score (nSPS) is 14.5. The third-order valence-corrected chi connectivity index (χ3v) is 2.95. The summed E-state index contributed by atoms with van der Waals surface area (Å²) in [5.74, 6) is 0.984. The van der Waals surface area contributed by atoms with Gasteiger partial charge in [0.15, 0.2) is 0 Å². The van der Waals surface area contributed by atoms with Gasteiger partial charge < -0.3 is 10.1 Å². The van der Waals surface area contributed by atoms with Crippen molar-refractivity contribution in [2.45, 2.75) is 13.1 Å². The van der Waals surface area contributed by atoms with Crippen molar-refractivity contribution >= 4 is 22.6 Å². The van der Waals surface area contributed by atoms with E-state index < -0.39 is 0 Å². The lowest BCUT2D eigenvalue weighted by atomic mass is 10.1. The van der Waals surface area contributed by atoms with E-state index in [1.165, 1.54) is 14.7 Å². The van der Waals surface area contributed by atoms with Crippen molar-refractivity contribution in [2.24, 2.45) is 0 Å². The van der Waals surface area contributed by atoms with Crippen LogP contribution >= 0.6 is 22.6 Å². The van der Waals surface area contributed by atoms with Crippen LogP contribution in [0.15, 0.2) is 12.1 Å². The Hall–Kier alpha value is -0.290. The van der Waals surface area contributed by atoms with Crippen LogP contribution in [0.3, 0.4) is 0 Å². The van der Waals surface area contributed by atoms with Crippen molar-refractivity contribution in [1.82, 2.24) is 5.32 Å². The van der Waals surface area contributed by atoms with Gasteiger partial charge in [0.25, 0.3) is 0 Å². The van der Waals surface area contributed by atoms with E-state index in [2.05, 4.69) is 40.0 Å². The van der Waals surface area contributed by atoms with Gasteiger partial charge in [-0.05, 0) is 45.9 Å². The van der Waals surface area contributed by atoms with Crippen LogP contribution in [0, 0.1) is 3.57 Å². The molecule has 0 saturated carbocycles. The van der Waals surface area contributed by atoms with E-state index in [4.69, 9.17) is 4.74 Å². The molecule has 3 heteroatoms. The van der Waals surface area contributed by atoms with Gasteiger partial charge >= 0.3 is 0 Å². The molecule has 1 N–H and O–H groups in total. The van der Waals surface area contributed by atoms with E-state index in [1.807, 2.05) is 0 Å². The molecule has 1 aromatic rings. The lowest BCUT2D eigenvalue weighted by Crippen LogP contribution is -1.99. The average Bonchev–Trinajstić information content (AvgIpc) is 2.49. The second-order valence-corrected chi connectivity index (χ2v) is 4.02. The van der Waals surface area contributed by atoms with E-state index >= 15 is 0 Å². The minimum absolute atomic E-state index is 0.975. The van der Waals surface area contributed by atoms with Gasteiger partial charge in [-0.1, -0.05) is 0 Å². The molecule has 0 aromatic heterocycles. The molecule has 1 aromatic carbocycles. The summed E-state index contributed by atoms with van der Waals surface area (Å²) in [7, 11) is 1.71. The SMILES string of the molecule is COc1cc2c(cc1I)CNC2. The fourth-order valence-electron chi connectivity index (χ4n) is 1.45. The summed E-state index contributed by atoms with van der Waals surface area (Å²) in [6.45, 7) is 1.97. The summed E-state index contributed by atoms with van der Waals surface area (Å²) in [6, 6.07) is 4.31. The largest absolute Gasteiger partial charge is 0.496 e. The Bertz CT molecular complexity index is 311. The van der Waals surface area contributed by atoms with E-state index in [0.29, 0.717) is 0 Å². The molecule has 1 aliphatic rings. The Morgan fingerprint density at radius 3 is 2.67 bits per heavy atom. The first-order valence-corrected chi connectivity index (χ1v) is 4.95. The molecule has 0 saturated heterocycles. The number of benzene rings is 1. The lowest BCUT2D eigenvalue weighted by Gasteiger charge is -2.05. The van der Waals surface area contributed by atoms with Crippen LogP contribution in [0.25, 0.3) is 0 Å². The first-order valence-electron chi connectivity index (χ1n) is 3.87. The molecule has 1 heterocycles. The molecule has 64 valence electrons. The maximum absolute atomic E-state index is 5.23. The number of methoxy groups -OCH3 is 1. The van der Waals surface area contributed by atoms with Gasteiger partial charge in [0.05, 0.1) is 10.7 Å². The highest BCUT2D eigenvalue weighted by Gasteiger charge is 2.12. The number of halogens is 1. The number of ether oxygens (including phenoxy) is 1. The first-order chi connectivity index (χ1) is 5.81. The summed E-state index contributed by atoms with van der Waals surface area (Å²) in [6.07, 6.45) is 0. The third-order valence-electron chi connectivity index (χ3n) is 2.10. The zero-order valence-corrected chi connectivity index (χ0v) is 9.01. The van der Waals surface area contributed by atoms with Crippen LogP contribution in [0.1, 0.15) is 11.1 Å². The molecule has 1 aliphatic heterocycles. The number of hydrogen-bond acceptors (Lipinski definition) is 2. The van der Waals surface area contributed by atoms with Gasteiger partial charge in [-0.15, -0.1) is 0 Å². The van der Waals surface area contributed by atoms with Crippen LogP contribution in [-0.4, -0.2) is 7.11 Å². The number of nitrogens with one attached hydrogen (secondary N) is 1. The molecule has 0 atom stereocenters. The smallest absolute Gasteiger partial charge is 0.132 e. The maximum atomic E-state index is 5.23. The average molecular weight is 275 g/mol. The lowest BCUT2D eigenvalue weighted by molar-refractivity contribution is 0.411. The highest BCUT2D eigenvalue weighted by molar-refractivity contribution is 14.1. The van der Waals surface area contributed by atoms with Crippen molar-refractivity contribution < 1.29 is 4.74 Å². The van der Waals surface area contributed by atoms with E-state index in [0.717, 1.165) is 18.8 Å². The first kappa shape index (κ1) is 8.31. The molecule has 0 bridgehead atoms. The Labute approximate surface area is 85.4 Å². The Kier molecular flexibility index (Phi) is 2.23. The second-order valence-electron chi connectivity index (χ2n) is 2.86. The molecule has 2 rings (SSSR count). The fourth-order valence-corrected chi connectivity index (χ4v) is 2.21. The van der Waals surface area contributed by atoms with Crippen LogP contribution < -0.4 is 10.1 Å². The molecular weight excluding hydrogens is 265 g/mol. The van der Waals surface area contributed by atoms with Crippen LogP contribution in [0.4, 0.5) is 0 Å². The minimum atomic E-state index is 0.975. The standard InChI is InChI=1S/C9H10INO/c1-12-9-3-7-5-11-4-6(7)2-8(9)10/h2-3,11H,4-5H2,1H3. The summed E-state index contributed by atoms with van der Waals surface area (Å²) in [5.41, 5.74) is 2.77. The highest BCUT2D eigenvalue weighted by atomic mass is 127. The van der Waals surface area contributed by atoms with Crippen molar-refractivity contribution in [2.75, 3.05) is 7.11 Å². The van der Waals surface area contributed by atoms with E-state index in [9.17, 15) is 0 Å². The molecule has 0 unspecified atom stereocenters. The summed E-state index contributed by atoms with van der Waals surface area (Å²) >= 11 is 2.30. The van der Waals surface area contributed by atoms with Gasteiger partial charge in [0, 0.05) is 13.1 Å². The van der Waals surface area contributed by atoms with Gasteiger partial charge in [-0.3, -0.25) is 0 Å². The van der Waals surface area contributed by atoms with E-state index in [1.54, 1.807) is 7.11 Å². The Balaban J connectivity index is 2.49. The summed E-state index contributed by atoms with van der Waals surface area (Å²) in [5, 5.41) is 3.31. The predicted molar refractivity (Wildman–Crippen MR) is 56.3 cm³/mol. The highest BCUT2D eigenvalue weighted by Crippen LogP contribution is 2.27. The van der Waals surface area contributed by atoms with Crippen LogP contribution in [0.2, 0.25) is 0 Å². The molecule has 0 amide bonds. The van der Waals surface area contributed by atoms with E-state index in [-0.39, 0.29) is 0 Å². The number of rotatable bonds is 1. The van der Waals surface area contributed by atoms with Crippen LogP contribution in [0.5, 0.6) is 5.75 Å². The Morgan fingerprint density at radius 2 is 2.00 bits per heavy atom. The van der Waals surface area contributed by atoms with Crippen molar-refractivity contribution in [3.8, 4) is 5.75 Å². The third kappa shape index (κ3) is 1.31. The molecule has 2 nitrogen and oxygen atoms in total. The minimum Gasteiger partial charge on any atom is -0.496 e. The van der Waals surface area contributed by atoms with Gasteiger partial charge in [0.1, 0.15) is 5.75 Å². The van der Waals surface area contributed by atoms with Crippen molar-refractivity contribution in [3.05, 3.63) is 26.8 Å². The molecular formula is C9H10INO. The summed E-state index contributed by atoms with van der Waals surface area (Å²) < 4.78 is 6.43. The quantitative estimate of drug-likeness (QED) is 0.790.